The molecule has 0 aliphatic carbocycles. The highest BCUT2D eigenvalue weighted by molar-refractivity contribution is 6.04. The third-order valence-electron chi connectivity index (χ3n) is 4.59. The summed E-state index contributed by atoms with van der Waals surface area (Å²) in [5.74, 6) is -0.770. The van der Waals surface area contributed by atoms with Crippen molar-refractivity contribution in [2.24, 2.45) is 0 Å². The van der Waals surface area contributed by atoms with E-state index in [1.807, 2.05) is 0 Å². The number of carbonyl (C=O) groups is 1. The molecule has 1 amide bonds. The van der Waals surface area contributed by atoms with Gasteiger partial charge in [0.1, 0.15) is 12.3 Å². The summed E-state index contributed by atoms with van der Waals surface area (Å²) in [6.45, 7) is -1.89. The summed E-state index contributed by atoms with van der Waals surface area (Å²) in [6, 6.07) is 17.6. The molecule has 2 aromatic carbocycles. The second-order valence-electron chi connectivity index (χ2n) is 6.80. The highest BCUT2D eigenvalue weighted by Crippen LogP contribution is 2.22. The number of nitrogens with zero attached hydrogens (tertiary/aromatic N) is 3. The fraction of sp³-hybridized carbons (Fsp3) is 0.136. The predicted molar refractivity (Wildman–Crippen MR) is 107 cm³/mol. The van der Waals surface area contributed by atoms with E-state index in [0.717, 1.165) is 4.68 Å². The Balaban J connectivity index is 1.87. The van der Waals surface area contributed by atoms with Gasteiger partial charge in [-0.1, -0.05) is 36.4 Å². The molecule has 0 radical (unpaired) electrons. The maximum Gasteiger partial charge on any atom is 0.406 e. The van der Waals surface area contributed by atoms with Gasteiger partial charge in [0, 0.05) is 5.39 Å². The monoisotopic (exact) mass is 427 g/mol. The highest BCUT2D eigenvalue weighted by Gasteiger charge is 2.35. The van der Waals surface area contributed by atoms with Gasteiger partial charge >= 0.3 is 6.18 Å². The maximum absolute atomic E-state index is 13.3. The van der Waals surface area contributed by atoms with E-state index in [0.29, 0.717) is 10.6 Å². The first kappa shape index (κ1) is 20.4. The van der Waals surface area contributed by atoms with E-state index in [1.165, 1.54) is 30.5 Å². The van der Waals surface area contributed by atoms with E-state index in [2.05, 4.69) is 5.10 Å². The molecular weight excluding hydrogens is 411 g/mol. The SMILES string of the molecule is O=C(c1nn(-c2ccccc2)c(=O)c2ccccc12)N(Cc1ccco1)CC(F)(F)F. The summed E-state index contributed by atoms with van der Waals surface area (Å²) >= 11 is 0. The third kappa shape index (κ3) is 4.35. The summed E-state index contributed by atoms with van der Waals surface area (Å²) in [5, 5.41) is 4.52. The van der Waals surface area contributed by atoms with Gasteiger partial charge in [-0.25, -0.2) is 0 Å². The number of alkyl halides is 3. The molecule has 0 N–H and O–H groups in total. The Morgan fingerprint density at radius 1 is 0.968 bits per heavy atom. The van der Waals surface area contributed by atoms with Crippen LogP contribution in [0.2, 0.25) is 0 Å². The molecule has 4 rings (SSSR count). The molecule has 0 aliphatic heterocycles. The van der Waals surface area contributed by atoms with Crippen LogP contribution >= 0.6 is 0 Å². The topological polar surface area (TPSA) is 68.3 Å². The van der Waals surface area contributed by atoms with Crippen molar-refractivity contribution in [3.63, 3.8) is 0 Å². The lowest BCUT2D eigenvalue weighted by molar-refractivity contribution is -0.142. The van der Waals surface area contributed by atoms with Crippen molar-refractivity contribution in [2.45, 2.75) is 12.7 Å². The Hall–Kier alpha value is -3.88. The van der Waals surface area contributed by atoms with Crippen LogP contribution < -0.4 is 5.56 Å². The standard InChI is InChI=1S/C22H16F3N3O3/c23-22(24,25)14-27(13-16-9-6-12-31-16)21(30)19-17-10-4-5-11-18(17)20(29)28(26-19)15-7-2-1-3-8-15/h1-12H,13-14H2. The van der Waals surface area contributed by atoms with Crippen molar-refractivity contribution in [3.8, 4) is 5.69 Å². The lowest BCUT2D eigenvalue weighted by atomic mass is 10.1. The van der Waals surface area contributed by atoms with Crippen LogP contribution in [0.25, 0.3) is 16.5 Å². The van der Waals surface area contributed by atoms with Crippen LogP contribution in [-0.4, -0.2) is 33.3 Å². The summed E-state index contributed by atoms with van der Waals surface area (Å²) in [6.07, 6.45) is -3.32. The van der Waals surface area contributed by atoms with Crippen molar-refractivity contribution in [1.82, 2.24) is 14.7 Å². The normalized spacial score (nSPS) is 11.6. The van der Waals surface area contributed by atoms with Gasteiger partial charge in [-0.2, -0.15) is 23.0 Å². The zero-order chi connectivity index (χ0) is 22.0. The molecule has 0 spiro atoms. The molecule has 6 nitrogen and oxygen atoms in total. The minimum atomic E-state index is -4.63. The van der Waals surface area contributed by atoms with Crippen LogP contribution in [0.3, 0.4) is 0 Å². The van der Waals surface area contributed by atoms with Gasteiger partial charge in [0.2, 0.25) is 0 Å². The van der Waals surface area contributed by atoms with Crippen molar-refractivity contribution in [1.29, 1.82) is 0 Å². The summed E-state index contributed by atoms with van der Waals surface area (Å²) in [4.78, 5) is 26.8. The number of hydrogen-bond acceptors (Lipinski definition) is 4. The molecule has 0 atom stereocenters. The Labute approximate surface area is 174 Å². The molecule has 9 heteroatoms. The van der Waals surface area contributed by atoms with Crippen LogP contribution in [-0.2, 0) is 6.54 Å². The van der Waals surface area contributed by atoms with E-state index in [9.17, 15) is 22.8 Å². The second kappa shape index (κ2) is 8.10. The first-order valence-corrected chi connectivity index (χ1v) is 9.29. The van der Waals surface area contributed by atoms with Crippen molar-refractivity contribution < 1.29 is 22.4 Å². The molecule has 31 heavy (non-hydrogen) atoms. The van der Waals surface area contributed by atoms with Crippen LogP contribution in [0.4, 0.5) is 13.2 Å². The lowest BCUT2D eigenvalue weighted by Crippen LogP contribution is -2.39. The number of para-hydroxylation sites is 1. The quantitative estimate of drug-likeness (QED) is 0.479. The summed E-state index contributed by atoms with van der Waals surface area (Å²) < 4.78 is 45.8. The third-order valence-corrected chi connectivity index (χ3v) is 4.59. The van der Waals surface area contributed by atoms with Gasteiger partial charge < -0.3 is 9.32 Å². The molecular formula is C22H16F3N3O3. The maximum atomic E-state index is 13.3. The fourth-order valence-corrected chi connectivity index (χ4v) is 3.25. The Morgan fingerprint density at radius 2 is 1.65 bits per heavy atom. The van der Waals surface area contributed by atoms with Gasteiger partial charge in [-0.3, -0.25) is 9.59 Å². The fourth-order valence-electron chi connectivity index (χ4n) is 3.25. The van der Waals surface area contributed by atoms with E-state index in [-0.39, 0.29) is 22.2 Å². The van der Waals surface area contributed by atoms with Gasteiger partial charge in [0.05, 0.1) is 23.9 Å². The average molecular weight is 427 g/mol. The van der Waals surface area contributed by atoms with Crippen molar-refractivity contribution in [3.05, 3.63) is 94.8 Å². The number of aromatic nitrogens is 2. The van der Waals surface area contributed by atoms with Crippen molar-refractivity contribution >= 4 is 16.7 Å². The van der Waals surface area contributed by atoms with Crippen molar-refractivity contribution in [2.75, 3.05) is 6.54 Å². The number of halogens is 3. The molecule has 0 fully saturated rings. The first-order valence-electron chi connectivity index (χ1n) is 9.29. The smallest absolute Gasteiger partial charge is 0.406 e. The highest BCUT2D eigenvalue weighted by atomic mass is 19.4. The molecule has 0 bridgehead atoms. The molecule has 158 valence electrons. The molecule has 4 aromatic rings. The number of carbonyl (C=O) groups excluding carboxylic acids is 1. The molecule has 2 heterocycles. The minimum Gasteiger partial charge on any atom is -0.467 e. The minimum absolute atomic E-state index is 0.176. The molecule has 0 aliphatic rings. The summed E-state index contributed by atoms with van der Waals surface area (Å²) in [7, 11) is 0. The molecule has 2 aromatic heterocycles. The van der Waals surface area contributed by atoms with Crippen LogP contribution in [0.1, 0.15) is 16.2 Å². The van der Waals surface area contributed by atoms with Crippen LogP contribution in [0.5, 0.6) is 0 Å². The number of hydrogen-bond donors (Lipinski definition) is 0. The van der Waals surface area contributed by atoms with E-state index >= 15 is 0 Å². The first-order chi connectivity index (χ1) is 14.8. The van der Waals surface area contributed by atoms with Crippen LogP contribution in [0, 0.1) is 0 Å². The number of rotatable bonds is 5. The average Bonchev–Trinajstić information content (AvgIpc) is 3.26. The van der Waals surface area contributed by atoms with E-state index in [4.69, 9.17) is 4.42 Å². The Kier molecular flexibility index (Phi) is 5.33. The van der Waals surface area contributed by atoms with E-state index < -0.39 is 30.7 Å². The number of furan rings is 1. The largest absolute Gasteiger partial charge is 0.467 e. The van der Waals surface area contributed by atoms with Crippen LogP contribution in [0.15, 0.2) is 82.2 Å². The van der Waals surface area contributed by atoms with Gasteiger partial charge in [-0.15, -0.1) is 0 Å². The Morgan fingerprint density at radius 3 is 2.29 bits per heavy atom. The Bertz CT molecular complexity index is 1270. The number of amides is 1. The molecule has 0 saturated heterocycles. The lowest BCUT2D eigenvalue weighted by Gasteiger charge is -2.23. The molecule has 0 unspecified atom stereocenters. The van der Waals surface area contributed by atoms with Gasteiger partial charge in [0.25, 0.3) is 11.5 Å². The number of benzene rings is 2. The zero-order valence-electron chi connectivity index (χ0n) is 16.0. The summed E-state index contributed by atoms with van der Waals surface area (Å²) in [5.41, 5.74) is -0.345. The predicted octanol–water partition coefficient (Wildman–Crippen LogP) is 4.18. The van der Waals surface area contributed by atoms with E-state index in [1.54, 1.807) is 42.5 Å². The van der Waals surface area contributed by atoms with Gasteiger partial charge in [-0.05, 0) is 30.3 Å². The molecule has 0 saturated carbocycles. The second-order valence-corrected chi connectivity index (χ2v) is 6.80. The zero-order valence-corrected chi connectivity index (χ0v) is 16.0. The van der Waals surface area contributed by atoms with Gasteiger partial charge in [0.15, 0.2) is 5.69 Å². The number of fused-ring (bicyclic) bond motifs is 1.